The van der Waals surface area contributed by atoms with Crippen molar-refractivity contribution in [2.24, 2.45) is 10.9 Å². The standard InChI is InChI=1S/C26H53N5O/c1-6-8-9-10-11-12-13-14-15-16-18-28-22(4)30-23(5)31-24(7-2)25-21(3)27-19-17-20-29-26(25)32/h22-25,28,30-31H,6-20H2,1-5H3,(H,29,32). The number of carbonyl (C=O) groups excluding carboxylic acids is 1. The molecule has 4 N–H and O–H groups in total. The van der Waals surface area contributed by atoms with Gasteiger partial charge in [-0.15, -0.1) is 0 Å². The second-order valence-corrected chi connectivity index (χ2v) is 9.57. The van der Waals surface area contributed by atoms with E-state index in [1.807, 2.05) is 6.92 Å². The molecule has 32 heavy (non-hydrogen) atoms. The first-order valence-corrected chi connectivity index (χ1v) is 13.5. The van der Waals surface area contributed by atoms with Crippen molar-refractivity contribution >= 4 is 11.6 Å². The lowest BCUT2D eigenvalue weighted by Crippen LogP contribution is -2.57. The van der Waals surface area contributed by atoms with Gasteiger partial charge in [0.05, 0.1) is 18.2 Å². The molecule has 1 aliphatic rings. The largest absolute Gasteiger partial charge is 0.355 e. The van der Waals surface area contributed by atoms with Crippen LogP contribution in [0.15, 0.2) is 4.99 Å². The second-order valence-electron chi connectivity index (χ2n) is 9.57. The van der Waals surface area contributed by atoms with Gasteiger partial charge < -0.3 is 10.6 Å². The third-order valence-corrected chi connectivity index (χ3v) is 6.52. The fourth-order valence-corrected chi connectivity index (χ4v) is 4.60. The summed E-state index contributed by atoms with van der Waals surface area (Å²) in [5.41, 5.74) is 0.945. The Balaban J connectivity index is 2.21. The average molecular weight is 452 g/mol. The van der Waals surface area contributed by atoms with Crippen LogP contribution in [0.3, 0.4) is 0 Å². The lowest BCUT2D eigenvalue weighted by atomic mass is 9.91. The zero-order chi connectivity index (χ0) is 23.6. The number of amides is 1. The fourth-order valence-electron chi connectivity index (χ4n) is 4.60. The van der Waals surface area contributed by atoms with Gasteiger partial charge in [0, 0.05) is 24.8 Å². The molecule has 1 heterocycles. The molecule has 0 saturated heterocycles. The molecule has 1 rings (SSSR count). The smallest absolute Gasteiger partial charge is 0.230 e. The van der Waals surface area contributed by atoms with Crippen molar-refractivity contribution in [2.75, 3.05) is 19.6 Å². The van der Waals surface area contributed by atoms with E-state index in [9.17, 15) is 4.79 Å². The SMILES string of the molecule is CCCCCCCCCCCCNC(C)NC(C)NC(CC)C1C(=O)NCCCN=C1C. The first-order valence-electron chi connectivity index (χ1n) is 13.5. The highest BCUT2D eigenvalue weighted by molar-refractivity contribution is 6.04. The van der Waals surface area contributed by atoms with Crippen molar-refractivity contribution in [3.8, 4) is 0 Å². The van der Waals surface area contributed by atoms with Crippen LogP contribution in [0.25, 0.3) is 0 Å². The molecule has 0 spiro atoms. The van der Waals surface area contributed by atoms with Gasteiger partial charge in [-0.25, -0.2) is 0 Å². The zero-order valence-corrected chi connectivity index (χ0v) is 21.8. The van der Waals surface area contributed by atoms with Gasteiger partial charge in [-0.2, -0.15) is 0 Å². The van der Waals surface area contributed by atoms with Crippen molar-refractivity contribution in [1.82, 2.24) is 21.3 Å². The summed E-state index contributed by atoms with van der Waals surface area (Å²) >= 11 is 0. The van der Waals surface area contributed by atoms with E-state index >= 15 is 0 Å². The third kappa shape index (κ3) is 12.9. The summed E-state index contributed by atoms with van der Waals surface area (Å²) in [5.74, 6) is -0.0934. The summed E-state index contributed by atoms with van der Waals surface area (Å²) in [6.45, 7) is 13.3. The molecule has 6 nitrogen and oxygen atoms in total. The van der Waals surface area contributed by atoms with Crippen molar-refractivity contribution in [3.05, 3.63) is 0 Å². The Labute approximate surface area is 198 Å². The highest BCUT2D eigenvalue weighted by Crippen LogP contribution is 2.14. The van der Waals surface area contributed by atoms with Crippen molar-refractivity contribution in [3.63, 3.8) is 0 Å². The molecule has 4 unspecified atom stereocenters. The minimum absolute atomic E-state index is 0.0773. The van der Waals surface area contributed by atoms with Crippen LogP contribution in [-0.2, 0) is 4.79 Å². The van der Waals surface area contributed by atoms with Crippen LogP contribution < -0.4 is 21.3 Å². The Bertz CT molecular complexity index is 510. The molecular weight excluding hydrogens is 398 g/mol. The molecule has 0 fully saturated rings. The Morgan fingerprint density at radius 1 is 0.938 bits per heavy atom. The highest BCUT2D eigenvalue weighted by Gasteiger charge is 2.31. The number of hydrogen-bond donors (Lipinski definition) is 4. The van der Waals surface area contributed by atoms with Crippen molar-refractivity contribution in [1.29, 1.82) is 0 Å². The zero-order valence-electron chi connectivity index (χ0n) is 21.8. The van der Waals surface area contributed by atoms with Gasteiger partial charge in [0.2, 0.25) is 5.91 Å². The Hall–Kier alpha value is -0.980. The number of aliphatic imine (C=N–C) groups is 1. The number of unbranched alkanes of at least 4 members (excludes halogenated alkanes) is 9. The Morgan fingerprint density at radius 3 is 2.19 bits per heavy atom. The molecule has 4 atom stereocenters. The van der Waals surface area contributed by atoms with Crippen LogP contribution in [0, 0.1) is 5.92 Å². The molecule has 0 bridgehead atoms. The molecule has 0 aromatic heterocycles. The maximum absolute atomic E-state index is 12.6. The number of rotatable bonds is 18. The fraction of sp³-hybridized carbons (Fsp3) is 0.923. The van der Waals surface area contributed by atoms with Crippen LogP contribution in [0.5, 0.6) is 0 Å². The van der Waals surface area contributed by atoms with Gasteiger partial charge in [0.1, 0.15) is 0 Å². The number of nitrogens with one attached hydrogen (secondary N) is 4. The van der Waals surface area contributed by atoms with Gasteiger partial charge in [0.15, 0.2) is 0 Å². The van der Waals surface area contributed by atoms with Gasteiger partial charge in [-0.3, -0.25) is 20.4 Å². The van der Waals surface area contributed by atoms with Crippen molar-refractivity contribution in [2.45, 2.75) is 130 Å². The van der Waals surface area contributed by atoms with Crippen LogP contribution in [0.1, 0.15) is 112 Å². The summed E-state index contributed by atoms with van der Waals surface area (Å²) in [5, 5.41) is 13.9. The molecular formula is C26H53N5O. The van der Waals surface area contributed by atoms with E-state index < -0.39 is 0 Å². The number of carbonyl (C=O) groups is 1. The van der Waals surface area contributed by atoms with Gasteiger partial charge >= 0.3 is 0 Å². The lowest BCUT2D eigenvalue weighted by Gasteiger charge is -2.32. The Morgan fingerprint density at radius 2 is 1.56 bits per heavy atom. The quantitative estimate of drug-likeness (QED) is 0.179. The normalized spacial score (nSPS) is 20.1. The van der Waals surface area contributed by atoms with E-state index in [1.165, 1.54) is 64.2 Å². The van der Waals surface area contributed by atoms with E-state index in [2.05, 4.69) is 54.0 Å². The summed E-state index contributed by atoms with van der Waals surface area (Å²) in [7, 11) is 0. The molecule has 6 heteroatoms. The first kappa shape index (κ1) is 29.1. The predicted molar refractivity (Wildman–Crippen MR) is 138 cm³/mol. The first-order chi connectivity index (χ1) is 15.5. The number of hydrogen-bond acceptors (Lipinski definition) is 5. The lowest BCUT2D eigenvalue weighted by molar-refractivity contribution is -0.123. The van der Waals surface area contributed by atoms with E-state index in [1.54, 1.807) is 0 Å². The summed E-state index contributed by atoms with van der Waals surface area (Å²) in [6.07, 6.45) is 15.8. The molecule has 0 aromatic carbocycles. The van der Waals surface area contributed by atoms with E-state index in [0.29, 0.717) is 0 Å². The summed E-state index contributed by atoms with van der Waals surface area (Å²) in [4.78, 5) is 17.3. The summed E-state index contributed by atoms with van der Waals surface area (Å²) < 4.78 is 0. The Kier molecular flexibility index (Phi) is 16.7. The second kappa shape index (κ2) is 18.4. The molecule has 1 aliphatic heterocycles. The maximum Gasteiger partial charge on any atom is 0.230 e. The average Bonchev–Trinajstić information content (AvgIpc) is 2.75. The predicted octanol–water partition coefficient (Wildman–Crippen LogP) is 4.74. The van der Waals surface area contributed by atoms with E-state index in [0.717, 1.165) is 38.2 Å². The topological polar surface area (TPSA) is 77.5 Å². The summed E-state index contributed by atoms with van der Waals surface area (Å²) in [6, 6.07) is 0.0773. The molecule has 188 valence electrons. The molecule has 1 amide bonds. The van der Waals surface area contributed by atoms with Crippen LogP contribution in [-0.4, -0.2) is 49.6 Å². The molecule has 0 saturated carbocycles. The highest BCUT2D eigenvalue weighted by atomic mass is 16.1. The molecule has 0 radical (unpaired) electrons. The van der Waals surface area contributed by atoms with Gasteiger partial charge in [0.25, 0.3) is 0 Å². The maximum atomic E-state index is 12.6. The molecule has 0 aliphatic carbocycles. The third-order valence-electron chi connectivity index (χ3n) is 6.52. The van der Waals surface area contributed by atoms with E-state index in [-0.39, 0.29) is 30.2 Å². The van der Waals surface area contributed by atoms with Crippen molar-refractivity contribution < 1.29 is 4.79 Å². The minimum atomic E-state index is -0.195. The van der Waals surface area contributed by atoms with Gasteiger partial charge in [-0.05, 0) is 46.6 Å². The van der Waals surface area contributed by atoms with E-state index in [4.69, 9.17) is 0 Å². The monoisotopic (exact) mass is 451 g/mol. The molecule has 0 aromatic rings. The minimum Gasteiger partial charge on any atom is -0.355 e. The van der Waals surface area contributed by atoms with Crippen LogP contribution in [0.4, 0.5) is 0 Å². The van der Waals surface area contributed by atoms with Gasteiger partial charge in [-0.1, -0.05) is 71.6 Å². The number of nitrogens with zero attached hydrogens (tertiary/aromatic N) is 1. The van der Waals surface area contributed by atoms with Crippen LogP contribution in [0.2, 0.25) is 0 Å². The van der Waals surface area contributed by atoms with Crippen LogP contribution >= 0.6 is 0 Å².